The molecule has 0 N–H and O–H groups in total. The Balaban J connectivity index is -0.000000132. The molecule has 0 unspecified atom stereocenters. The van der Waals surface area contributed by atoms with Gasteiger partial charge in [0.15, 0.2) is 0 Å². The van der Waals surface area contributed by atoms with Gasteiger partial charge in [0.2, 0.25) is 0 Å². The quantitative estimate of drug-likeness (QED) is 0.450. The van der Waals surface area contributed by atoms with Gasteiger partial charge < -0.3 is 0 Å². The van der Waals surface area contributed by atoms with Crippen LogP contribution >= 0.6 is 0 Å². The first kappa shape index (κ1) is 33.0. The second-order valence-corrected chi connectivity index (χ2v) is 6.32. The largest absolute Gasteiger partial charge is 0.0776 e. The molecule has 0 bridgehead atoms. The summed E-state index contributed by atoms with van der Waals surface area (Å²) in [6, 6.07) is 6.98. The highest BCUT2D eigenvalue weighted by Crippen LogP contribution is 2.45. The fourth-order valence-electron chi connectivity index (χ4n) is 2.70. The van der Waals surface area contributed by atoms with Crippen LogP contribution in [0.4, 0.5) is 0 Å². The summed E-state index contributed by atoms with van der Waals surface area (Å²) in [4.78, 5) is 0. The molecule has 0 heterocycles. The molecule has 0 amide bonds. The van der Waals surface area contributed by atoms with Crippen LogP contribution in [-0.2, 0) is 10.8 Å². The van der Waals surface area contributed by atoms with Crippen LogP contribution in [0.3, 0.4) is 0 Å². The van der Waals surface area contributed by atoms with Gasteiger partial charge in [-0.05, 0) is 41.7 Å². The van der Waals surface area contributed by atoms with E-state index in [1.54, 1.807) is 11.1 Å². The highest BCUT2D eigenvalue weighted by atomic mass is 14.4. The third-order valence-electron chi connectivity index (χ3n) is 4.01. The predicted octanol–water partition coefficient (Wildman–Crippen LogP) is 8.55. The Kier molecular flexibility index (Phi) is 17.6. The molecule has 1 aliphatic rings. The number of rotatable bonds is 0. The van der Waals surface area contributed by atoms with E-state index in [0.29, 0.717) is 10.8 Å². The van der Waals surface area contributed by atoms with E-state index in [1.165, 1.54) is 18.4 Å². The Bertz CT molecular complexity index is 383. The highest BCUT2D eigenvalue weighted by molar-refractivity contribution is 5.43. The minimum Gasteiger partial charge on any atom is -0.0776 e. The zero-order valence-electron chi connectivity index (χ0n) is 12.6. The molecule has 1 aromatic carbocycles. The number of hydrogen-bond acceptors (Lipinski definition) is 0. The minimum absolute atomic E-state index is 0. The minimum atomic E-state index is 0. The lowest BCUT2D eigenvalue weighted by atomic mass is 9.63. The monoisotopic (exact) mass is 312 g/mol. The van der Waals surface area contributed by atoms with Crippen molar-refractivity contribution < 1.29 is 0 Å². The molecule has 22 heavy (non-hydrogen) atoms. The van der Waals surface area contributed by atoms with Crippen LogP contribution in [0.5, 0.6) is 0 Å². The zero-order chi connectivity index (χ0) is 13.3. The maximum atomic E-state index is 2.39. The van der Waals surface area contributed by atoms with Gasteiger partial charge in [0.05, 0.1) is 0 Å². The maximum Gasteiger partial charge on any atom is -0.0100 e. The smallest absolute Gasteiger partial charge is 0.0100 e. The van der Waals surface area contributed by atoms with E-state index in [2.05, 4.69) is 52.8 Å². The Labute approximate surface area is 144 Å². The van der Waals surface area contributed by atoms with Gasteiger partial charge in [-0.1, -0.05) is 102 Å². The molecule has 0 atom stereocenters. The van der Waals surface area contributed by atoms with Crippen LogP contribution in [-0.4, -0.2) is 0 Å². The molecule has 0 saturated heterocycles. The molecule has 0 heteroatoms. The van der Waals surface area contributed by atoms with Crippen LogP contribution in [0.15, 0.2) is 18.2 Å². The summed E-state index contributed by atoms with van der Waals surface area (Å²) in [7, 11) is 0. The van der Waals surface area contributed by atoms with Crippen molar-refractivity contribution >= 4 is 0 Å². The van der Waals surface area contributed by atoms with E-state index in [0.717, 1.165) is 0 Å². The van der Waals surface area contributed by atoms with Crippen molar-refractivity contribution in [3.63, 3.8) is 0 Å². The van der Waals surface area contributed by atoms with Crippen LogP contribution in [0.2, 0.25) is 0 Å². The fraction of sp³-hybridized carbons (Fsp3) is 0.727. The van der Waals surface area contributed by atoms with Crippen molar-refractivity contribution in [1.29, 1.82) is 0 Å². The maximum absolute atomic E-state index is 2.39. The zero-order valence-corrected chi connectivity index (χ0v) is 12.6. The van der Waals surface area contributed by atoms with E-state index in [1.807, 2.05) is 13.8 Å². The molecule has 0 radical (unpaired) electrons. The van der Waals surface area contributed by atoms with E-state index in [-0.39, 0.29) is 37.1 Å². The van der Waals surface area contributed by atoms with Gasteiger partial charge in [-0.25, -0.2) is 0 Å². The molecule has 0 saturated carbocycles. The first-order valence-electron chi connectivity index (χ1n) is 6.95. The van der Waals surface area contributed by atoms with E-state index >= 15 is 0 Å². The van der Waals surface area contributed by atoms with Crippen LogP contribution < -0.4 is 0 Å². The van der Waals surface area contributed by atoms with E-state index in [4.69, 9.17) is 0 Å². The molecular weight excluding hydrogens is 264 g/mol. The Morgan fingerprint density at radius 1 is 0.682 bits per heavy atom. The van der Waals surface area contributed by atoms with Gasteiger partial charge in [-0.3, -0.25) is 0 Å². The molecule has 0 spiro atoms. The molecule has 2 rings (SSSR count). The summed E-state index contributed by atoms with van der Waals surface area (Å²) in [5, 5.41) is 0. The number of hydrogen-bond donors (Lipinski definition) is 0. The summed E-state index contributed by atoms with van der Waals surface area (Å²) in [6.07, 6.45) is 2.60. The predicted molar refractivity (Wildman–Crippen MR) is 111 cm³/mol. The van der Waals surface area contributed by atoms with Crippen molar-refractivity contribution in [1.82, 2.24) is 0 Å². The second-order valence-electron chi connectivity index (χ2n) is 6.32. The topological polar surface area (TPSA) is 0 Å². The van der Waals surface area contributed by atoms with Crippen LogP contribution in [0, 0.1) is 6.92 Å². The third kappa shape index (κ3) is 6.55. The Hall–Kier alpha value is -0.780. The SMILES string of the molecule is C.C.C.C.C.CC.Cc1ccc2c(c1)C(C)(C)CCC2(C)C. The number of fused-ring (bicyclic) bond motifs is 1. The van der Waals surface area contributed by atoms with E-state index in [9.17, 15) is 0 Å². The Morgan fingerprint density at radius 3 is 1.45 bits per heavy atom. The molecule has 136 valence electrons. The molecular formula is C22H48. The average Bonchev–Trinajstić information content (AvgIpc) is 2.28. The average molecular weight is 313 g/mol. The van der Waals surface area contributed by atoms with Crippen molar-refractivity contribution in [2.24, 2.45) is 0 Å². The molecule has 0 nitrogen and oxygen atoms in total. The lowest BCUT2D eigenvalue weighted by Crippen LogP contribution is -2.33. The first-order valence-corrected chi connectivity index (χ1v) is 6.95. The van der Waals surface area contributed by atoms with Gasteiger partial charge in [-0.2, -0.15) is 0 Å². The first-order chi connectivity index (χ1) is 7.83. The fourth-order valence-corrected chi connectivity index (χ4v) is 2.70. The van der Waals surface area contributed by atoms with Crippen molar-refractivity contribution in [2.75, 3.05) is 0 Å². The van der Waals surface area contributed by atoms with Crippen molar-refractivity contribution in [2.45, 2.75) is 109 Å². The van der Waals surface area contributed by atoms with Gasteiger partial charge in [0, 0.05) is 0 Å². The number of aryl methyl sites for hydroxylation is 1. The molecule has 0 aromatic heterocycles. The molecule has 0 fully saturated rings. The summed E-state index contributed by atoms with van der Waals surface area (Å²) in [5.74, 6) is 0. The van der Waals surface area contributed by atoms with Gasteiger partial charge in [0.1, 0.15) is 0 Å². The van der Waals surface area contributed by atoms with Gasteiger partial charge in [-0.15, -0.1) is 0 Å². The highest BCUT2D eigenvalue weighted by Gasteiger charge is 2.36. The Morgan fingerprint density at radius 2 is 1.05 bits per heavy atom. The van der Waals surface area contributed by atoms with Crippen molar-refractivity contribution in [3.05, 3.63) is 34.9 Å². The van der Waals surface area contributed by atoms with Crippen LogP contribution in [0.25, 0.3) is 0 Å². The number of benzene rings is 1. The standard InChI is InChI=1S/C15H22.C2H6.5CH4/c1-11-6-7-12-13(10-11)15(4,5)9-8-14(12,2)3;1-2;;;;;/h6-7,10H,8-9H2,1-5H3;1-2H3;5*1H4. The summed E-state index contributed by atoms with van der Waals surface area (Å²) < 4.78 is 0. The van der Waals surface area contributed by atoms with Gasteiger partial charge >= 0.3 is 0 Å². The second kappa shape index (κ2) is 11.7. The molecule has 0 aliphatic heterocycles. The lowest BCUT2D eigenvalue weighted by Gasteiger charge is -2.42. The van der Waals surface area contributed by atoms with Gasteiger partial charge in [0.25, 0.3) is 0 Å². The molecule has 1 aromatic rings. The van der Waals surface area contributed by atoms with E-state index < -0.39 is 0 Å². The summed E-state index contributed by atoms with van der Waals surface area (Å²) in [5.41, 5.74) is 5.23. The summed E-state index contributed by atoms with van der Waals surface area (Å²) >= 11 is 0. The lowest BCUT2D eigenvalue weighted by molar-refractivity contribution is 0.331. The summed E-state index contributed by atoms with van der Waals surface area (Å²) in [6.45, 7) is 15.7. The third-order valence-corrected chi connectivity index (χ3v) is 4.01. The van der Waals surface area contributed by atoms with Crippen molar-refractivity contribution in [3.8, 4) is 0 Å². The normalized spacial score (nSPS) is 15.4. The van der Waals surface area contributed by atoms with Crippen LogP contribution in [0.1, 0.15) is 108 Å². The molecule has 1 aliphatic carbocycles.